The summed E-state index contributed by atoms with van der Waals surface area (Å²) in [4.78, 5) is 10.9. The monoisotopic (exact) mass is 156 g/mol. The van der Waals surface area contributed by atoms with Crippen molar-refractivity contribution in [3.05, 3.63) is 0 Å². The van der Waals surface area contributed by atoms with Crippen molar-refractivity contribution in [3.63, 3.8) is 0 Å². The summed E-state index contributed by atoms with van der Waals surface area (Å²) in [6.45, 7) is 6.36. The van der Waals surface area contributed by atoms with Crippen LogP contribution in [0.5, 0.6) is 0 Å². The Hall–Kier alpha value is -0.330. The molecule has 66 valence electrons. The molecule has 0 fully saturated rings. The van der Waals surface area contributed by atoms with E-state index < -0.39 is 0 Å². The fourth-order valence-electron chi connectivity index (χ4n) is 1.22. The third kappa shape index (κ3) is 6.08. The van der Waals surface area contributed by atoms with Crippen molar-refractivity contribution < 1.29 is 4.79 Å². The predicted molar refractivity (Wildman–Crippen MR) is 48.6 cm³/mol. The Balaban J connectivity index is 3.29. The normalized spacial score (nSPS) is 13.0. The van der Waals surface area contributed by atoms with E-state index >= 15 is 0 Å². The second kappa shape index (κ2) is 6.38. The van der Waals surface area contributed by atoms with Gasteiger partial charge in [-0.3, -0.25) is 4.79 Å². The van der Waals surface area contributed by atoms with Crippen LogP contribution in [0.4, 0.5) is 0 Å². The van der Waals surface area contributed by atoms with E-state index in [1.54, 1.807) is 0 Å². The Bertz CT molecular complexity index is 107. The van der Waals surface area contributed by atoms with Crippen molar-refractivity contribution in [3.8, 4) is 0 Å². The maximum absolute atomic E-state index is 10.9. The first-order chi connectivity index (χ1) is 5.20. The van der Waals surface area contributed by atoms with Gasteiger partial charge in [0.25, 0.3) is 0 Å². The van der Waals surface area contributed by atoms with Crippen LogP contribution in [0.25, 0.3) is 0 Å². The zero-order chi connectivity index (χ0) is 8.69. The maximum Gasteiger partial charge on any atom is 0.132 e. The molecule has 0 saturated carbocycles. The van der Waals surface area contributed by atoms with E-state index in [1.807, 2.05) is 6.92 Å². The first-order valence-corrected chi connectivity index (χ1v) is 4.72. The minimum absolute atomic E-state index is 0.410. The highest BCUT2D eigenvalue weighted by Crippen LogP contribution is 2.12. The lowest BCUT2D eigenvalue weighted by atomic mass is 9.98. The maximum atomic E-state index is 10.9. The summed E-state index contributed by atoms with van der Waals surface area (Å²) in [5, 5.41) is 0. The number of ketones is 1. The highest BCUT2D eigenvalue weighted by Gasteiger charge is 2.03. The molecule has 1 nitrogen and oxygen atoms in total. The van der Waals surface area contributed by atoms with Gasteiger partial charge in [0, 0.05) is 12.8 Å². The highest BCUT2D eigenvalue weighted by molar-refractivity contribution is 5.77. The Kier molecular flexibility index (Phi) is 6.19. The minimum Gasteiger partial charge on any atom is -0.300 e. The van der Waals surface area contributed by atoms with Crippen LogP contribution in [0.1, 0.15) is 52.9 Å². The number of Topliss-reactive ketones (excluding diaryl/α,β-unsaturated/α-hetero) is 1. The molecule has 0 heterocycles. The lowest BCUT2D eigenvalue weighted by Gasteiger charge is -2.07. The summed E-state index contributed by atoms with van der Waals surface area (Å²) in [5.74, 6) is 1.14. The number of carbonyl (C=O) groups excluding carboxylic acids is 1. The van der Waals surface area contributed by atoms with Crippen LogP contribution in [0.2, 0.25) is 0 Å². The molecular formula is C10H20O. The molecule has 0 spiro atoms. The smallest absolute Gasteiger partial charge is 0.132 e. The summed E-state index contributed by atoms with van der Waals surface area (Å²) in [6.07, 6.45) is 5.08. The van der Waals surface area contributed by atoms with Gasteiger partial charge in [-0.1, -0.05) is 33.6 Å². The quantitative estimate of drug-likeness (QED) is 0.577. The summed E-state index contributed by atoms with van der Waals surface area (Å²) in [6, 6.07) is 0. The minimum atomic E-state index is 0.410. The lowest BCUT2D eigenvalue weighted by Crippen LogP contribution is -2.00. The van der Waals surface area contributed by atoms with E-state index in [0.717, 1.165) is 18.8 Å². The average molecular weight is 156 g/mol. The number of carbonyl (C=O) groups is 1. The van der Waals surface area contributed by atoms with Crippen molar-refractivity contribution in [2.45, 2.75) is 52.9 Å². The molecule has 0 radical (unpaired) electrons. The molecule has 0 aliphatic rings. The van der Waals surface area contributed by atoms with Crippen LogP contribution in [-0.2, 0) is 4.79 Å². The molecule has 0 aromatic heterocycles. The molecule has 0 saturated heterocycles. The van der Waals surface area contributed by atoms with E-state index in [2.05, 4.69) is 13.8 Å². The van der Waals surface area contributed by atoms with Gasteiger partial charge in [0.05, 0.1) is 0 Å². The molecular weight excluding hydrogens is 136 g/mol. The molecule has 0 amide bonds. The molecule has 0 aromatic rings. The van der Waals surface area contributed by atoms with Gasteiger partial charge in [-0.2, -0.15) is 0 Å². The van der Waals surface area contributed by atoms with Gasteiger partial charge in [0.1, 0.15) is 5.78 Å². The SMILES string of the molecule is CCC[C@H](C)CCC(=O)CC. The molecule has 0 aliphatic heterocycles. The van der Waals surface area contributed by atoms with Crippen molar-refractivity contribution in [1.82, 2.24) is 0 Å². The van der Waals surface area contributed by atoms with Gasteiger partial charge >= 0.3 is 0 Å². The fraction of sp³-hybridized carbons (Fsp3) is 0.900. The van der Waals surface area contributed by atoms with E-state index in [9.17, 15) is 4.79 Å². The first kappa shape index (κ1) is 10.7. The van der Waals surface area contributed by atoms with Crippen LogP contribution >= 0.6 is 0 Å². The largest absolute Gasteiger partial charge is 0.300 e. The van der Waals surface area contributed by atoms with Crippen LogP contribution in [-0.4, -0.2) is 5.78 Å². The third-order valence-electron chi connectivity index (χ3n) is 2.09. The predicted octanol–water partition coefficient (Wildman–Crippen LogP) is 3.18. The second-order valence-electron chi connectivity index (χ2n) is 3.32. The van der Waals surface area contributed by atoms with Crippen molar-refractivity contribution >= 4 is 5.78 Å². The average Bonchev–Trinajstić information content (AvgIpc) is 2.01. The molecule has 11 heavy (non-hydrogen) atoms. The number of hydrogen-bond donors (Lipinski definition) is 0. The van der Waals surface area contributed by atoms with Gasteiger partial charge in [-0.25, -0.2) is 0 Å². The molecule has 0 N–H and O–H groups in total. The summed E-state index contributed by atoms with van der Waals surface area (Å²) in [7, 11) is 0. The van der Waals surface area contributed by atoms with Crippen LogP contribution in [0, 0.1) is 5.92 Å². The lowest BCUT2D eigenvalue weighted by molar-refractivity contribution is -0.119. The van der Waals surface area contributed by atoms with Crippen LogP contribution < -0.4 is 0 Å². The first-order valence-electron chi connectivity index (χ1n) is 4.72. The second-order valence-corrected chi connectivity index (χ2v) is 3.32. The molecule has 0 aliphatic carbocycles. The Morgan fingerprint density at radius 1 is 1.27 bits per heavy atom. The summed E-state index contributed by atoms with van der Waals surface area (Å²) < 4.78 is 0. The van der Waals surface area contributed by atoms with E-state index in [4.69, 9.17) is 0 Å². The Morgan fingerprint density at radius 2 is 1.91 bits per heavy atom. The highest BCUT2D eigenvalue weighted by atomic mass is 16.1. The molecule has 1 atom stereocenters. The van der Waals surface area contributed by atoms with E-state index in [1.165, 1.54) is 12.8 Å². The molecule has 0 aromatic carbocycles. The third-order valence-corrected chi connectivity index (χ3v) is 2.09. The topological polar surface area (TPSA) is 17.1 Å². The zero-order valence-corrected chi connectivity index (χ0v) is 8.02. The zero-order valence-electron chi connectivity index (χ0n) is 8.02. The Labute approximate surface area is 70.2 Å². The standard InChI is InChI=1S/C10H20O/c1-4-6-9(3)7-8-10(11)5-2/h9H,4-8H2,1-3H3/t9-/m0/s1. The van der Waals surface area contributed by atoms with E-state index in [0.29, 0.717) is 12.2 Å². The number of rotatable bonds is 6. The van der Waals surface area contributed by atoms with Gasteiger partial charge in [0.15, 0.2) is 0 Å². The molecule has 0 unspecified atom stereocenters. The van der Waals surface area contributed by atoms with Crippen molar-refractivity contribution in [2.75, 3.05) is 0 Å². The van der Waals surface area contributed by atoms with Crippen molar-refractivity contribution in [2.24, 2.45) is 5.92 Å². The Morgan fingerprint density at radius 3 is 2.36 bits per heavy atom. The number of hydrogen-bond acceptors (Lipinski definition) is 1. The molecule has 0 bridgehead atoms. The van der Waals surface area contributed by atoms with Gasteiger partial charge in [0.2, 0.25) is 0 Å². The van der Waals surface area contributed by atoms with Gasteiger partial charge in [-0.05, 0) is 12.3 Å². The van der Waals surface area contributed by atoms with Gasteiger partial charge in [-0.15, -0.1) is 0 Å². The van der Waals surface area contributed by atoms with E-state index in [-0.39, 0.29) is 0 Å². The molecule has 1 heteroatoms. The summed E-state index contributed by atoms with van der Waals surface area (Å²) in [5.41, 5.74) is 0. The van der Waals surface area contributed by atoms with Crippen LogP contribution in [0.15, 0.2) is 0 Å². The molecule has 0 rings (SSSR count). The van der Waals surface area contributed by atoms with Crippen LogP contribution in [0.3, 0.4) is 0 Å². The van der Waals surface area contributed by atoms with Gasteiger partial charge < -0.3 is 0 Å². The fourth-order valence-corrected chi connectivity index (χ4v) is 1.22. The van der Waals surface area contributed by atoms with Crippen molar-refractivity contribution in [1.29, 1.82) is 0 Å². The summed E-state index contributed by atoms with van der Waals surface area (Å²) >= 11 is 0.